The molecule has 0 atom stereocenters. The molecule has 1 N–H and O–H groups in total. The summed E-state index contributed by atoms with van der Waals surface area (Å²) in [5.74, 6) is 2.00. The van der Waals surface area contributed by atoms with Crippen LogP contribution < -0.4 is 4.13 Å². The van der Waals surface area contributed by atoms with Crippen LogP contribution in [0.2, 0.25) is 0 Å². The summed E-state index contributed by atoms with van der Waals surface area (Å²) >= 11 is 3.19. The van der Waals surface area contributed by atoms with Gasteiger partial charge in [0, 0.05) is 0 Å². The maximum Gasteiger partial charge on any atom is 0.0556 e. The van der Waals surface area contributed by atoms with Gasteiger partial charge in [0.25, 0.3) is 0 Å². The quantitative estimate of drug-likeness (QED) is 0.485. The number of hydrogen-bond donors (Lipinski definition) is 1. The van der Waals surface area contributed by atoms with Crippen molar-refractivity contribution in [1.82, 2.24) is 4.13 Å². The molecule has 0 aromatic heterocycles. The molecule has 1 nitrogen and oxygen atoms in total. The van der Waals surface area contributed by atoms with Gasteiger partial charge in [0.1, 0.15) is 0 Å². The number of hydrogen-bond acceptors (Lipinski definition) is 3. The first-order chi connectivity index (χ1) is 3.00. The van der Waals surface area contributed by atoms with Crippen LogP contribution in [0.3, 0.4) is 0 Å². The van der Waals surface area contributed by atoms with Gasteiger partial charge in [-0.1, -0.05) is 18.0 Å². The molecule has 1 aliphatic heterocycles. The van der Waals surface area contributed by atoms with E-state index in [-0.39, 0.29) is 0 Å². The fourth-order valence-electron chi connectivity index (χ4n) is 0.194. The lowest BCUT2D eigenvalue weighted by atomic mass is 10.8. The van der Waals surface area contributed by atoms with Gasteiger partial charge in [-0.15, -0.1) is 0 Å². The molecular formula is C3H4NS2. The standard InChI is InChI=1S/C3H4NS2/c1-2-5-4-6-3-1/h1-4H. The third-order valence-corrected chi connectivity index (χ3v) is 1.75. The highest BCUT2D eigenvalue weighted by atomic mass is 32.2. The second-order valence-corrected chi connectivity index (χ2v) is 2.47. The third-order valence-electron chi connectivity index (χ3n) is 0.389. The van der Waals surface area contributed by atoms with Crippen molar-refractivity contribution in [3.63, 3.8) is 0 Å². The molecule has 0 aromatic rings. The predicted octanol–water partition coefficient (Wildman–Crippen LogP) is 1.56. The van der Waals surface area contributed by atoms with Crippen molar-refractivity contribution in [3.8, 4) is 0 Å². The van der Waals surface area contributed by atoms with Crippen molar-refractivity contribution < 1.29 is 0 Å². The second-order valence-electron chi connectivity index (χ2n) is 0.784. The zero-order valence-electron chi connectivity index (χ0n) is 3.05. The molecule has 1 rings (SSSR count). The number of nitrogens with one attached hydrogen (secondary N) is 1. The minimum atomic E-state index is 1.60. The lowest BCUT2D eigenvalue weighted by Gasteiger charge is -1.98. The van der Waals surface area contributed by atoms with E-state index in [0.717, 1.165) is 0 Å². The van der Waals surface area contributed by atoms with Crippen molar-refractivity contribution >= 4 is 23.9 Å². The van der Waals surface area contributed by atoms with Gasteiger partial charge in [0.2, 0.25) is 0 Å². The first kappa shape index (κ1) is 4.56. The molecule has 0 aliphatic carbocycles. The summed E-state index contributed by atoms with van der Waals surface area (Å²) in [6.45, 7) is 0. The van der Waals surface area contributed by atoms with Crippen LogP contribution in [-0.2, 0) is 0 Å². The van der Waals surface area contributed by atoms with Crippen LogP contribution in [-0.4, -0.2) is 0 Å². The molecule has 1 heterocycles. The minimum absolute atomic E-state index is 1.60. The van der Waals surface area contributed by atoms with Crippen molar-refractivity contribution in [2.45, 2.75) is 0 Å². The first-order valence-corrected chi connectivity index (χ1v) is 3.31. The van der Waals surface area contributed by atoms with Gasteiger partial charge in [-0.2, -0.15) is 0 Å². The molecule has 0 fully saturated rings. The van der Waals surface area contributed by atoms with Crippen LogP contribution in [0.4, 0.5) is 0 Å². The zero-order chi connectivity index (χ0) is 4.24. The Morgan fingerprint density at radius 2 is 2.33 bits per heavy atom. The molecule has 0 aromatic carbocycles. The normalized spacial score (nSPS) is 21.3. The van der Waals surface area contributed by atoms with E-state index in [1.54, 1.807) is 23.9 Å². The van der Waals surface area contributed by atoms with Gasteiger partial charge in [0.15, 0.2) is 0 Å². The predicted molar refractivity (Wildman–Crippen MR) is 31.8 cm³/mol. The molecule has 33 valence electrons. The second kappa shape index (κ2) is 2.55. The SMILES string of the molecule is [CH]1C=CSNS1. The van der Waals surface area contributed by atoms with E-state index in [1.165, 1.54) is 0 Å². The Hall–Kier alpha value is 0.400. The number of rotatable bonds is 0. The van der Waals surface area contributed by atoms with E-state index in [0.29, 0.717) is 0 Å². The van der Waals surface area contributed by atoms with Crippen LogP contribution in [0.1, 0.15) is 0 Å². The Morgan fingerprint density at radius 3 is 2.50 bits per heavy atom. The molecule has 0 amide bonds. The topological polar surface area (TPSA) is 12.0 Å². The van der Waals surface area contributed by atoms with E-state index < -0.39 is 0 Å². The maximum atomic E-state index is 2.98. The summed E-state index contributed by atoms with van der Waals surface area (Å²) in [6.07, 6.45) is 2.01. The highest BCUT2D eigenvalue weighted by molar-refractivity contribution is 8.15. The van der Waals surface area contributed by atoms with Gasteiger partial charge < -0.3 is 0 Å². The van der Waals surface area contributed by atoms with Crippen molar-refractivity contribution in [2.75, 3.05) is 0 Å². The molecular weight excluding hydrogens is 114 g/mol. The Balaban J connectivity index is 2.26. The fourth-order valence-corrected chi connectivity index (χ4v) is 1.27. The van der Waals surface area contributed by atoms with E-state index in [2.05, 4.69) is 4.13 Å². The highest BCUT2D eigenvalue weighted by Crippen LogP contribution is 2.14. The van der Waals surface area contributed by atoms with E-state index in [1.807, 2.05) is 17.2 Å². The molecule has 0 saturated heterocycles. The van der Waals surface area contributed by atoms with Crippen LogP contribution in [0.25, 0.3) is 0 Å². The summed E-state index contributed by atoms with van der Waals surface area (Å²) in [6, 6.07) is 0. The molecule has 1 radical (unpaired) electrons. The summed E-state index contributed by atoms with van der Waals surface area (Å²) < 4.78 is 2.98. The largest absolute Gasteiger partial charge is 0.204 e. The fraction of sp³-hybridized carbons (Fsp3) is 0. The highest BCUT2D eigenvalue weighted by Gasteiger charge is 1.86. The molecule has 0 bridgehead atoms. The van der Waals surface area contributed by atoms with Crippen molar-refractivity contribution in [3.05, 3.63) is 17.2 Å². The van der Waals surface area contributed by atoms with Gasteiger partial charge in [-0.3, -0.25) is 0 Å². The maximum absolute atomic E-state index is 2.98. The Morgan fingerprint density at radius 1 is 1.33 bits per heavy atom. The minimum Gasteiger partial charge on any atom is -0.204 e. The molecule has 0 spiro atoms. The van der Waals surface area contributed by atoms with Gasteiger partial charge >= 0.3 is 0 Å². The van der Waals surface area contributed by atoms with Crippen LogP contribution in [0, 0.1) is 5.75 Å². The van der Waals surface area contributed by atoms with Gasteiger partial charge in [-0.25, -0.2) is 4.13 Å². The van der Waals surface area contributed by atoms with Crippen LogP contribution in [0.15, 0.2) is 11.5 Å². The summed E-state index contributed by atoms with van der Waals surface area (Å²) in [5.41, 5.74) is 0. The smallest absolute Gasteiger partial charge is 0.0556 e. The monoisotopic (exact) mass is 118 g/mol. The molecule has 0 saturated carbocycles. The molecule has 0 unspecified atom stereocenters. The lowest BCUT2D eigenvalue weighted by Crippen LogP contribution is -1.87. The Bertz CT molecular complexity index is 53.8. The van der Waals surface area contributed by atoms with Crippen molar-refractivity contribution in [2.24, 2.45) is 0 Å². The lowest BCUT2D eigenvalue weighted by molar-refractivity contribution is 1.74. The average Bonchev–Trinajstić information content (AvgIpc) is 1.72. The van der Waals surface area contributed by atoms with Gasteiger partial charge in [0.05, 0.1) is 5.75 Å². The van der Waals surface area contributed by atoms with E-state index in [9.17, 15) is 0 Å². The average molecular weight is 118 g/mol. The summed E-state index contributed by atoms with van der Waals surface area (Å²) in [7, 11) is 0. The molecule has 6 heavy (non-hydrogen) atoms. The van der Waals surface area contributed by atoms with E-state index >= 15 is 0 Å². The zero-order valence-corrected chi connectivity index (χ0v) is 4.68. The summed E-state index contributed by atoms with van der Waals surface area (Å²) in [5, 5.41) is 2.00. The van der Waals surface area contributed by atoms with Crippen molar-refractivity contribution in [1.29, 1.82) is 0 Å². The summed E-state index contributed by atoms with van der Waals surface area (Å²) in [4.78, 5) is 0. The van der Waals surface area contributed by atoms with Crippen LogP contribution in [0.5, 0.6) is 0 Å². The molecule has 1 aliphatic rings. The Labute approximate surface area is 45.8 Å². The first-order valence-electron chi connectivity index (χ1n) is 1.55. The van der Waals surface area contributed by atoms with E-state index in [4.69, 9.17) is 0 Å². The molecule has 3 heteroatoms. The van der Waals surface area contributed by atoms with Gasteiger partial charge in [-0.05, 0) is 17.4 Å². The van der Waals surface area contributed by atoms with Crippen LogP contribution >= 0.6 is 23.9 Å². The third kappa shape index (κ3) is 1.24. The Kier molecular flexibility index (Phi) is 1.94.